The fourth-order valence-electron chi connectivity index (χ4n) is 2.06. The number of rotatable bonds is 3. The summed E-state index contributed by atoms with van der Waals surface area (Å²) < 4.78 is 11.2. The number of nitro benzene ring substituents is 1. The molecule has 112 valence electrons. The van der Waals surface area contributed by atoms with Crippen LogP contribution in [0.4, 0.5) is 11.4 Å². The molecule has 0 N–H and O–H groups in total. The van der Waals surface area contributed by atoms with Gasteiger partial charge >= 0.3 is 0 Å². The number of nitro groups is 1. The molecule has 0 bridgehead atoms. The van der Waals surface area contributed by atoms with E-state index >= 15 is 0 Å². The van der Waals surface area contributed by atoms with Crippen molar-refractivity contribution < 1.29 is 14.4 Å². The van der Waals surface area contributed by atoms with Crippen molar-refractivity contribution in [3.05, 3.63) is 56.0 Å². The van der Waals surface area contributed by atoms with Gasteiger partial charge in [0.25, 0.3) is 5.69 Å². The Morgan fingerprint density at radius 3 is 2.68 bits per heavy atom. The fraction of sp³-hybridized carbons (Fsp3) is 0.133. The maximum absolute atomic E-state index is 11.2. The molecule has 1 aliphatic rings. The normalized spacial score (nSPS) is 12.8. The van der Waals surface area contributed by atoms with Crippen molar-refractivity contribution in [2.45, 2.75) is 6.92 Å². The third kappa shape index (κ3) is 2.80. The highest BCUT2D eigenvalue weighted by atomic mass is 79.9. The maximum atomic E-state index is 11.2. The van der Waals surface area contributed by atoms with E-state index in [1.807, 2.05) is 25.1 Å². The van der Waals surface area contributed by atoms with E-state index in [2.05, 4.69) is 20.9 Å². The van der Waals surface area contributed by atoms with Gasteiger partial charge in [-0.3, -0.25) is 15.1 Å². The van der Waals surface area contributed by atoms with Crippen LogP contribution in [-0.4, -0.2) is 17.9 Å². The first-order valence-corrected chi connectivity index (χ1v) is 7.22. The zero-order valence-electron chi connectivity index (χ0n) is 11.6. The predicted octanol–water partition coefficient (Wildman–Crippen LogP) is 4.15. The van der Waals surface area contributed by atoms with Gasteiger partial charge in [-0.1, -0.05) is 6.07 Å². The molecular formula is C15H11BrN2O4. The molecule has 0 amide bonds. The van der Waals surface area contributed by atoms with Crippen LogP contribution in [0.2, 0.25) is 0 Å². The molecule has 0 saturated carbocycles. The minimum absolute atomic E-state index is 0.0661. The Kier molecular flexibility index (Phi) is 3.81. The molecular weight excluding hydrogens is 352 g/mol. The van der Waals surface area contributed by atoms with E-state index < -0.39 is 4.92 Å². The molecule has 0 aliphatic carbocycles. The number of hydrogen-bond donors (Lipinski definition) is 0. The molecule has 0 saturated heterocycles. The van der Waals surface area contributed by atoms with Crippen molar-refractivity contribution in [3.63, 3.8) is 0 Å². The van der Waals surface area contributed by atoms with Gasteiger partial charge in [0.05, 0.1) is 22.2 Å². The molecule has 0 unspecified atom stereocenters. The second kappa shape index (κ2) is 5.76. The van der Waals surface area contributed by atoms with Crippen molar-refractivity contribution in [2.75, 3.05) is 6.79 Å². The summed E-state index contributed by atoms with van der Waals surface area (Å²) in [5.41, 5.74) is 2.08. The van der Waals surface area contributed by atoms with Crippen LogP contribution in [0.25, 0.3) is 0 Å². The highest BCUT2D eigenvalue weighted by molar-refractivity contribution is 9.10. The molecule has 0 radical (unpaired) electrons. The van der Waals surface area contributed by atoms with Crippen molar-refractivity contribution in [2.24, 2.45) is 4.99 Å². The van der Waals surface area contributed by atoms with E-state index in [1.165, 1.54) is 12.3 Å². The summed E-state index contributed by atoms with van der Waals surface area (Å²) in [6, 6.07) is 8.61. The Morgan fingerprint density at radius 2 is 2.00 bits per heavy atom. The van der Waals surface area contributed by atoms with Gasteiger partial charge in [0, 0.05) is 10.7 Å². The first kappa shape index (κ1) is 14.5. The lowest BCUT2D eigenvalue weighted by Gasteiger charge is -2.02. The van der Waals surface area contributed by atoms with Crippen LogP contribution >= 0.6 is 15.9 Å². The number of halogens is 1. The molecule has 0 spiro atoms. The van der Waals surface area contributed by atoms with Crippen LogP contribution in [0.1, 0.15) is 11.1 Å². The van der Waals surface area contributed by atoms with Gasteiger partial charge in [-0.05, 0) is 46.6 Å². The number of aliphatic imine (C=N–C) groups is 1. The highest BCUT2D eigenvalue weighted by Gasteiger charge is 2.22. The highest BCUT2D eigenvalue weighted by Crippen LogP contribution is 2.37. The van der Waals surface area contributed by atoms with Gasteiger partial charge in [0.1, 0.15) is 0 Å². The summed E-state index contributed by atoms with van der Waals surface area (Å²) in [5, 5.41) is 11.2. The van der Waals surface area contributed by atoms with Gasteiger partial charge in [-0.25, -0.2) is 0 Å². The Morgan fingerprint density at radius 1 is 1.27 bits per heavy atom. The van der Waals surface area contributed by atoms with Gasteiger partial charge in [-0.2, -0.15) is 0 Å². The summed E-state index contributed by atoms with van der Waals surface area (Å²) in [6.45, 7) is 2.04. The third-order valence-electron chi connectivity index (χ3n) is 3.16. The number of hydrogen-bond acceptors (Lipinski definition) is 5. The van der Waals surface area contributed by atoms with Gasteiger partial charge in [0.15, 0.2) is 11.5 Å². The lowest BCUT2D eigenvalue weighted by Crippen LogP contribution is -1.94. The van der Waals surface area contributed by atoms with Crippen molar-refractivity contribution >= 4 is 33.5 Å². The molecule has 2 aromatic carbocycles. The first-order chi connectivity index (χ1) is 10.5. The fourth-order valence-corrected chi connectivity index (χ4v) is 2.66. The van der Waals surface area contributed by atoms with Crippen LogP contribution in [0.15, 0.2) is 39.8 Å². The maximum Gasteiger partial charge on any atom is 0.282 e. The Balaban J connectivity index is 2.00. The minimum Gasteiger partial charge on any atom is -0.454 e. The Labute approximate surface area is 134 Å². The van der Waals surface area contributed by atoms with Crippen LogP contribution in [-0.2, 0) is 0 Å². The summed E-state index contributed by atoms with van der Waals surface area (Å²) in [4.78, 5) is 15.0. The number of benzene rings is 2. The van der Waals surface area contributed by atoms with Crippen LogP contribution in [0, 0.1) is 17.0 Å². The van der Waals surface area contributed by atoms with Gasteiger partial charge in [0.2, 0.25) is 6.79 Å². The Hall–Kier alpha value is -2.41. The second-order valence-electron chi connectivity index (χ2n) is 4.73. The van der Waals surface area contributed by atoms with E-state index in [9.17, 15) is 10.1 Å². The molecule has 0 aromatic heterocycles. The van der Waals surface area contributed by atoms with Gasteiger partial charge < -0.3 is 9.47 Å². The number of fused-ring (bicyclic) bond motifs is 1. The standard InChI is InChI=1S/C15H11BrN2O4/c1-9-2-3-12(11(16)4-9)17-7-10-5-14-15(22-8-21-14)6-13(10)18(19)20/h2-7H,8H2,1H3. The van der Waals surface area contributed by atoms with Crippen LogP contribution in [0.5, 0.6) is 11.5 Å². The van der Waals surface area contributed by atoms with Crippen molar-refractivity contribution in [3.8, 4) is 11.5 Å². The molecule has 2 aromatic rings. The summed E-state index contributed by atoms with van der Waals surface area (Å²) in [7, 11) is 0. The number of nitrogens with zero attached hydrogens (tertiary/aromatic N) is 2. The second-order valence-corrected chi connectivity index (χ2v) is 5.59. The lowest BCUT2D eigenvalue weighted by atomic mass is 10.1. The summed E-state index contributed by atoms with van der Waals surface area (Å²) >= 11 is 3.43. The monoisotopic (exact) mass is 362 g/mol. The molecule has 6 nitrogen and oxygen atoms in total. The molecule has 7 heteroatoms. The largest absolute Gasteiger partial charge is 0.454 e. The smallest absolute Gasteiger partial charge is 0.282 e. The van der Waals surface area contributed by atoms with E-state index in [1.54, 1.807) is 6.07 Å². The average molecular weight is 363 g/mol. The quantitative estimate of drug-likeness (QED) is 0.467. The zero-order chi connectivity index (χ0) is 15.7. The summed E-state index contributed by atoms with van der Waals surface area (Å²) in [5.74, 6) is 0.857. The van der Waals surface area contributed by atoms with Crippen LogP contribution in [0.3, 0.4) is 0 Å². The zero-order valence-corrected chi connectivity index (χ0v) is 13.2. The Bertz CT molecular complexity index is 789. The van der Waals surface area contributed by atoms with E-state index in [4.69, 9.17) is 9.47 Å². The molecule has 0 atom stereocenters. The van der Waals surface area contributed by atoms with Crippen molar-refractivity contribution in [1.29, 1.82) is 0 Å². The minimum atomic E-state index is -0.465. The van der Waals surface area contributed by atoms with E-state index in [0.717, 1.165) is 10.0 Å². The molecule has 0 fully saturated rings. The average Bonchev–Trinajstić information content (AvgIpc) is 2.92. The molecule has 1 heterocycles. The number of aryl methyl sites for hydroxylation is 1. The van der Waals surface area contributed by atoms with Crippen LogP contribution < -0.4 is 9.47 Å². The topological polar surface area (TPSA) is 74.0 Å². The number of ether oxygens (including phenoxy) is 2. The van der Waals surface area contributed by atoms with Gasteiger partial charge in [-0.15, -0.1) is 0 Å². The predicted molar refractivity (Wildman–Crippen MR) is 85.4 cm³/mol. The third-order valence-corrected chi connectivity index (χ3v) is 3.80. The lowest BCUT2D eigenvalue weighted by molar-refractivity contribution is -0.385. The summed E-state index contributed by atoms with van der Waals surface area (Å²) in [6.07, 6.45) is 1.45. The molecule has 3 rings (SSSR count). The van der Waals surface area contributed by atoms with Crippen molar-refractivity contribution in [1.82, 2.24) is 0 Å². The van der Waals surface area contributed by atoms with E-state index in [0.29, 0.717) is 22.7 Å². The molecule has 22 heavy (non-hydrogen) atoms. The molecule has 1 aliphatic heterocycles. The first-order valence-electron chi connectivity index (χ1n) is 6.43. The SMILES string of the molecule is Cc1ccc(N=Cc2cc3c(cc2[N+](=O)[O-])OCO3)c(Br)c1. The van der Waals surface area contributed by atoms with E-state index in [-0.39, 0.29) is 12.5 Å².